The van der Waals surface area contributed by atoms with Crippen LogP contribution in [0.5, 0.6) is 0 Å². The Morgan fingerprint density at radius 3 is 2.65 bits per heavy atom. The molecule has 11 heteroatoms. The van der Waals surface area contributed by atoms with Gasteiger partial charge in [0.25, 0.3) is 5.69 Å². The Kier molecular flexibility index (Phi) is 5.68. The Morgan fingerprint density at radius 1 is 1.38 bits per heavy atom. The number of likely N-dealkylation sites (tertiary alicyclic amines) is 1. The van der Waals surface area contributed by atoms with Gasteiger partial charge < -0.3 is 15.3 Å². The van der Waals surface area contributed by atoms with Crippen LogP contribution in [0.4, 0.5) is 24.5 Å². The third-order valence-electron chi connectivity index (χ3n) is 4.03. The Bertz CT molecular complexity index is 723. The quantitative estimate of drug-likeness (QED) is 0.583. The third-order valence-corrected chi connectivity index (χ3v) is 4.03. The first kappa shape index (κ1) is 19.5. The van der Waals surface area contributed by atoms with Crippen molar-refractivity contribution in [2.75, 3.05) is 18.4 Å². The summed E-state index contributed by atoms with van der Waals surface area (Å²) in [4.78, 5) is 34.4. The van der Waals surface area contributed by atoms with Crippen molar-refractivity contribution in [2.45, 2.75) is 31.5 Å². The number of rotatable bonds is 6. The maximum Gasteiger partial charge on any atom is 0.416 e. The van der Waals surface area contributed by atoms with Gasteiger partial charge in [-0.3, -0.25) is 14.9 Å². The highest BCUT2D eigenvalue weighted by Crippen LogP contribution is 2.34. The lowest BCUT2D eigenvalue weighted by Gasteiger charge is -2.21. The molecule has 142 valence electrons. The molecule has 1 aromatic rings. The highest BCUT2D eigenvalue weighted by atomic mass is 19.4. The van der Waals surface area contributed by atoms with Gasteiger partial charge in [0, 0.05) is 25.6 Å². The van der Waals surface area contributed by atoms with Gasteiger partial charge in [0.15, 0.2) is 0 Å². The van der Waals surface area contributed by atoms with Crippen LogP contribution < -0.4 is 5.32 Å². The van der Waals surface area contributed by atoms with E-state index in [0.717, 1.165) is 6.07 Å². The van der Waals surface area contributed by atoms with Gasteiger partial charge in [-0.15, -0.1) is 0 Å². The van der Waals surface area contributed by atoms with E-state index >= 15 is 0 Å². The molecular formula is C15H16F3N3O5. The van der Waals surface area contributed by atoms with Gasteiger partial charge in [0.05, 0.1) is 10.5 Å². The van der Waals surface area contributed by atoms with Crippen molar-refractivity contribution in [2.24, 2.45) is 0 Å². The SMILES string of the molecule is O=C(O)[C@H]1CCCN1C(=O)CCNc1ccc(C(F)(F)F)cc1[N+](=O)[O-]. The van der Waals surface area contributed by atoms with Crippen LogP contribution in [0.2, 0.25) is 0 Å². The summed E-state index contributed by atoms with van der Waals surface area (Å²) in [5, 5.41) is 22.6. The zero-order valence-corrected chi connectivity index (χ0v) is 13.5. The van der Waals surface area contributed by atoms with Gasteiger partial charge in [-0.05, 0) is 25.0 Å². The van der Waals surface area contributed by atoms with Crippen LogP contribution in [0.25, 0.3) is 0 Å². The van der Waals surface area contributed by atoms with Gasteiger partial charge >= 0.3 is 12.1 Å². The number of alkyl halides is 3. The Balaban J connectivity index is 2.02. The molecule has 1 saturated heterocycles. The number of carboxylic acid groups (broad SMARTS) is 1. The van der Waals surface area contributed by atoms with Crippen LogP contribution in [-0.2, 0) is 15.8 Å². The fourth-order valence-corrected chi connectivity index (χ4v) is 2.78. The van der Waals surface area contributed by atoms with Crippen molar-refractivity contribution < 1.29 is 32.8 Å². The maximum absolute atomic E-state index is 12.7. The van der Waals surface area contributed by atoms with E-state index in [1.54, 1.807) is 0 Å². The fourth-order valence-electron chi connectivity index (χ4n) is 2.78. The number of amides is 1. The molecule has 0 radical (unpaired) electrons. The predicted octanol–water partition coefficient (Wildman–Crippen LogP) is 2.49. The molecule has 0 spiro atoms. The molecule has 0 unspecified atom stereocenters. The number of nitrogens with one attached hydrogen (secondary N) is 1. The van der Waals surface area contributed by atoms with Gasteiger partial charge in [0.1, 0.15) is 11.7 Å². The molecule has 0 aromatic heterocycles. The lowest BCUT2D eigenvalue weighted by atomic mass is 10.1. The number of nitro benzene ring substituents is 1. The summed E-state index contributed by atoms with van der Waals surface area (Å²) in [5.74, 6) is -1.53. The number of anilines is 1. The number of carbonyl (C=O) groups is 2. The summed E-state index contributed by atoms with van der Waals surface area (Å²) in [7, 11) is 0. The molecule has 2 N–H and O–H groups in total. The van der Waals surface area contributed by atoms with Gasteiger partial charge in [-0.1, -0.05) is 0 Å². The normalized spacial score (nSPS) is 17.2. The summed E-state index contributed by atoms with van der Waals surface area (Å²) in [6.07, 6.45) is -3.91. The van der Waals surface area contributed by atoms with Crippen molar-refractivity contribution >= 4 is 23.3 Å². The van der Waals surface area contributed by atoms with Crippen LogP contribution in [0, 0.1) is 10.1 Å². The smallest absolute Gasteiger partial charge is 0.416 e. The molecule has 2 rings (SSSR count). The Hall–Kier alpha value is -2.85. The van der Waals surface area contributed by atoms with Crippen molar-refractivity contribution in [1.29, 1.82) is 0 Å². The molecule has 0 bridgehead atoms. The van der Waals surface area contributed by atoms with Crippen molar-refractivity contribution in [3.8, 4) is 0 Å². The summed E-state index contributed by atoms with van der Waals surface area (Å²) < 4.78 is 38.0. The fraction of sp³-hybridized carbons (Fsp3) is 0.467. The molecule has 1 aliphatic rings. The van der Waals surface area contributed by atoms with Gasteiger partial charge in [0.2, 0.25) is 5.91 Å². The molecule has 1 aliphatic heterocycles. The highest BCUT2D eigenvalue weighted by molar-refractivity contribution is 5.84. The first-order valence-corrected chi connectivity index (χ1v) is 7.73. The summed E-state index contributed by atoms with van der Waals surface area (Å²) >= 11 is 0. The van der Waals surface area contributed by atoms with Crippen molar-refractivity contribution in [1.82, 2.24) is 4.90 Å². The number of halogens is 3. The van der Waals surface area contributed by atoms with E-state index in [2.05, 4.69) is 5.32 Å². The molecule has 1 fully saturated rings. The van der Waals surface area contributed by atoms with Gasteiger partial charge in [-0.2, -0.15) is 13.2 Å². The first-order chi connectivity index (χ1) is 12.1. The minimum Gasteiger partial charge on any atom is -0.480 e. The topological polar surface area (TPSA) is 113 Å². The third kappa shape index (κ3) is 4.41. The summed E-state index contributed by atoms with van der Waals surface area (Å²) in [5.41, 5.74) is -2.05. The number of carbonyl (C=O) groups excluding carboxylic acids is 1. The van der Waals surface area contributed by atoms with E-state index in [1.807, 2.05) is 0 Å². The molecule has 1 amide bonds. The Morgan fingerprint density at radius 2 is 2.08 bits per heavy atom. The second-order valence-electron chi connectivity index (χ2n) is 5.75. The maximum atomic E-state index is 12.7. The summed E-state index contributed by atoms with van der Waals surface area (Å²) in [6, 6.07) is 1.17. The van der Waals surface area contributed by atoms with Gasteiger partial charge in [-0.25, -0.2) is 4.79 Å². The van der Waals surface area contributed by atoms with E-state index in [1.165, 1.54) is 4.90 Å². The molecule has 1 heterocycles. The number of benzene rings is 1. The summed E-state index contributed by atoms with van der Waals surface area (Å²) in [6.45, 7) is 0.240. The number of carboxylic acids is 1. The average Bonchev–Trinajstić information content (AvgIpc) is 3.03. The molecular weight excluding hydrogens is 359 g/mol. The van der Waals surface area contributed by atoms with E-state index in [9.17, 15) is 32.9 Å². The standard InChI is InChI=1S/C15H16F3N3O5/c16-15(17,18)9-3-4-10(12(8-9)21(25)26)19-6-5-13(22)20-7-1-2-11(20)14(23)24/h3-4,8,11,19H,1-2,5-7H2,(H,23,24)/t11-/m1/s1. The lowest BCUT2D eigenvalue weighted by Crippen LogP contribution is -2.40. The minimum atomic E-state index is -4.71. The lowest BCUT2D eigenvalue weighted by molar-refractivity contribution is -0.384. The van der Waals surface area contributed by atoms with Crippen LogP contribution in [-0.4, -0.2) is 45.9 Å². The van der Waals surface area contributed by atoms with E-state index < -0.39 is 40.3 Å². The van der Waals surface area contributed by atoms with Crippen molar-refractivity contribution in [3.05, 3.63) is 33.9 Å². The van der Waals surface area contributed by atoms with Crippen LogP contribution in [0.3, 0.4) is 0 Å². The molecule has 0 aliphatic carbocycles. The molecule has 1 aromatic carbocycles. The number of hydrogen-bond acceptors (Lipinski definition) is 5. The zero-order valence-electron chi connectivity index (χ0n) is 13.5. The molecule has 1 atom stereocenters. The average molecular weight is 375 g/mol. The monoisotopic (exact) mass is 375 g/mol. The first-order valence-electron chi connectivity index (χ1n) is 7.73. The van der Waals surface area contributed by atoms with Crippen LogP contribution >= 0.6 is 0 Å². The van der Waals surface area contributed by atoms with Crippen LogP contribution in [0.15, 0.2) is 18.2 Å². The predicted molar refractivity (Wildman–Crippen MR) is 83.6 cm³/mol. The minimum absolute atomic E-state index is 0.0755. The molecule has 26 heavy (non-hydrogen) atoms. The molecule has 8 nitrogen and oxygen atoms in total. The largest absolute Gasteiger partial charge is 0.480 e. The van der Waals surface area contributed by atoms with Crippen LogP contribution in [0.1, 0.15) is 24.8 Å². The van der Waals surface area contributed by atoms with E-state index in [-0.39, 0.29) is 18.7 Å². The Labute approximate surface area is 145 Å². The number of aliphatic carboxylic acids is 1. The highest BCUT2D eigenvalue weighted by Gasteiger charge is 2.34. The van der Waals surface area contributed by atoms with E-state index in [4.69, 9.17) is 5.11 Å². The number of nitro groups is 1. The zero-order chi connectivity index (χ0) is 19.5. The second-order valence-corrected chi connectivity index (χ2v) is 5.75. The number of hydrogen-bond donors (Lipinski definition) is 2. The number of nitrogens with zero attached hydrogens (tertiary/aromatic N) is 2. The molecule has 0 saturated carbocycles. The second kappa shape index (κ2) is 7.58. The van der Waals surface area contributed by atoms with Crippen molar-refractivity contribution in [3.63, 3.8) is 0 Å². The van der Waals surface area contributed by atoms with E-state index in [0.29, 0.717) is 31.5 Å².